The van der Waals surface area contributed by atoms with E-state index in [0.717, 1.165) is 5.56 Å². The fourth-order valence-electron chi connectivity index (χ4n) is 2.68. The van der Waals surface area contributed by atoms with Crippen LogP contribution in [0.15, 0.2) is 24.3 Å². The highest BCUT2D eigenvalue weighted by atomic mass is 16.4. The van der Waals surface area contributed by atoms with E-state index in [0.29, 0.717) is 25.9 Å². The maximum absolute atomic E-state index is 11.9. The maximum Gasteiger partial charge on any atom is 0.326 e. The van der Waals surface area contributed by atoms with Crippen molar-refractivity contribution in [1.29, 1.82) is 0 Å². The number of unbranched alkanes of at least 4 members (excludes halogenated alkanes) is 1. The zero-order valence-corrected chi connectivity index (χ0v) is 16.9. The van der Waals surface area contributed by atoms with Gasteiger partial charge >= 0.3 is 23.9 Å². The number of hydrogen-bond donors (Lipinski definition) is 6. The molecule has 2 amide bonds. The van der Waals surface area contributed by atoms with Crippen LogP contribution in [0.1, 0.15) is 43.2 Å². The third-order valence-electron chi connectivity index (χ3n) is 4.40. The van der Waals surface area contributed by atoms with Crippen LogP contribution in [0.3, 0.4) is 0 Å². The van der Waals surface area contributed by atoms with E-state index in [9.17, 15) is 24.3 Å². The number of urea groups is 1. The topological polar surface area (TPSA) is 165 Å². The van der Waals surface area contributed by atoms with Gasteiger partial charge in [0.2, 0.25) is 0 Å². The van der Waals surface area contributed by atoms with Gasteiger partial charge in [-0.1, -0.05) is 29.8 Å². The molecule has 166 valence electrons. The summed E-state index contributed by atoms with van der Waals surface area (Å²) >= 11 is 0. The molecule has 0 aliphatic rings. The second-order valence-electron chi connectivity index (χ2n) is 6.99. The van der Waals surface area contributed by atoms with Gasteiger partial charge in [-0.3, -0.25) is 4.79 Å². The lowest BCUT2D eigenvalue weighted by molar-refractivity contribution is -0.140. The van der Waals surface area contributed by atoms with Gasteiger partial charge in [-0.2, -0.15) is 0 Å². The summed E-state index contributed by atoms with van der Waals surface area (Å²) < 4.78 is 0. The number of nitrogens with one attached hydrogen (secondary N) is 3. The van der Waals surface area contributed by atoms with E-state index < -0.39 is 42.4 Å². The average molecular weight is 423 g/mol. The van der Waals surface area contributed by atoms with E-state index in [1.165, 1.54) is 5.56 Å². The highest BCUT2D eigenvalue weighted by Crippen LogP contribution is 2.05. The van der Waals surface area contributed by atoms with Gasteiger partial charge in [-0.15, -0.1) is 0 Å². The number of hydrogen-bond acceptors (Lipinski definition) is 5. The molecule has 0 saturated carbocycles. The Morgan fingerprint density at radius 1 is 0.867 bits per heavy atom. The first-order valence-corrected chi connectivity index (χ1v) is 9.69. The molecule has 1 rings (SSSR count). The maximum atomic E-state index is 11.9. The predicted molar refractivity (Wildman–Crippen MR) is 108 cm³/mol. The van der Waals surface area contributed by atoms with Gasteiger partial charge in [0, 0.05) is 13.0 Å². The lowest BCUT2D eigenvalue weighted by atomic mass is 10.1. The molecule has 0 aliphatic heterocycles. The number of aryl methyl sites for hydroxylation is 1. The Labute approximate surface area is 174 Å². The summed E-state index contributed by atoms with van der Waals surface area (Å²) in [5.41, 5.74) is 2.34. The lowest BCUT2D eigenvalue weighted by Gasteiger charge is -2.18. The molecule has 0 spiro atoms. The molecule has 0 aliphatic carbocycles. The SMILES string of the molecule is Cc1ccc(CNCCCCC(NC(=O)NC(CCC(=O)O)C(=O)O)C(=O)O)cc1. The molecule has 0 radical (unpaired) electrons. The number of carbonyl (C=O) groups excluding carboxylic acids is 1. The van der Waals surface area contributed by atoms with Crippen LogP contribution in [-0.2, 0) is 20.9 Å². The fourth-order valence-corrected chi connectivity index (χ4v) is 2.68. The Kier molecular flexibility index (Phi) is 10.9. The minimum Gasteiger partial charge on any atom is -0.481 e. The number of amides is 2. The molecule has 0 bridgehead atoms. The van der Waals surface area contributed by atoms with Crippen LogP contribution in [0.5, 0.6) is 0 Å². The molecule has 2 atom stereocenters. The third-order valence-corrected chi connectivity index (χ3v) is 4.40. The smallest absolute Gasteiger partial charge is 0.326 e. The summed E-state index contributed by atoms with van der Waals surface area (Å²) in [7, 11) is 0. The van der Waals surface area contributed by atoms with Crippen molar-refractivity contribution in [2.24, 2.45) is 0 Å². The van der Waals surface area contributed by atoms with Crippen molar-refractivity contribution in [3.63, 3.8) is 0 Å². The van der Waals surface area contributed by atoms with Crippen molar-refractivity contribution >= 4 is 23.9 Å². The Morgan fingerprint density at radius 2 is 1.43 bits per heavy atom. The Morgan fingerprint density at radius 3 is 1.97 bits per heavy atom. The van der Waals surface area contributed by atoms with Crippen molar-refractivity contribution < 1.29 is 34.5 Å². The Bertz CT molecular complexity index is 722. The van der Waals surface area contributed by atoms with Crippen molar-refractivity contribution in [3.8, 4) is 0 Å². The molecule has 2 unspecified atom stereocenters. The van der Waals surface area contributed by atoms with Crippen LogP contribution >= 0.6 is 0 Å². The summed E-state index contributed by atoms with van der Waals surface area (Å²) in [4.78, 5) is 44.9. The van der Waals surface area contributed by atoms with Crippen LogP contribution in [0.25, 0.3) is 0 Å². The highest BCUT2D eigenvalue weighted by Gasteiger charge is 2.24. The number of aliphatic carboxylic acids is 3. The van der Waals surface area contributed by atoms with Gasteiger partial charge in [-0.25, -0.2) is 14.4 Å². The molecular weight excluding hydrogens is 394 g/mol. The summed E-state index contributed by atoms with van der Waals surface area (Å²) in [5.74, 6) is -3.81. The fraction of sp³-hybridized carbons (Fsp3) is 0.500. The van der Waals surface area contributed by atoms with E-state index >= 15 is 0 Å². The van der Waals surface area contributed by atoms with Gasteiger partial charge in [0.05, 0.1) is 0 Å². The Hall–Kier alpha value is -3.14. The van der Waals surface area contributed by atoms with Crippen molar-refractivity contribution in [1.82, 2.24) is 16.0 Å². The molecule has 0 saturated heterocycles. The van der Waals surface area contributed by atoms with E-state index in [1.807, 2.05) is 31.2 Å². The third kappa shape index (κ3) is 10.4. The minimum absolute atomic E-state index is 0.182. The van der Waals surface area contributed by atoms with Gasteiger partial charge in [0.25, 0.3) is 0 Å². The molecule has 6 N–H and O–H groups in total. The molecule has 1 aromatic rings. The Balaban J connectivity index is 2.34. The molecule has 10 nitrogen and oxygen atoms in total. The van der Waals surface area contributed by atoms with E-state index in [4.69, 9.17) is 10.2 Å². The van der Waals surface area contributed by atoms with Crippen molar-refractivity contribution in [2.75, 3.05) is 6.54 Å². The first-order valence-electron chi connectivity index (χ1n) is 9.69. The molecule has 0 aromatic heterocycles. The number of carbonyl (C=O) groups is 4. The molecule has 1 aromatic carbocycles. The number of carboxylic acid groups (broad SMARTS) is 3. The molecule has 10 heteroatoms. The zero-order valence-electron chi connectivity index (χ0n) is 16.9. The molecular formula is C20H29N3O7. The lowest BCUT2D eigenvalue weighted by Crippen LogP contribution is -2.51. The standard InChI is InChI=1S/C20H29N3O7/c1-13-5-7-14(8-6-13)12-21-11-3-2-4-15(18(26)27)22-20(30)23-16(19(28)29)9-10-17(24)25/h5-8,15-16,21H,2-4,9-12H2,1H3,(H,24,25)(H,26,27)(H,28,29)(H2,22,23,30). The monoisotopic (exact) mass is 423 g/mol. The van der Waals surface area contributed by atoms with E-state index in [1.54, 1.807) is 0 Å². The van der Waals surface area contributed by atoms with Crippen molar-refractivity contribution in [2.45, 2.75) is 57.7 Å². The van der Waals surface area contributed by atoms with Crippen LogP contribution in [0, 0.1) is 6.92 Å². The van der Waals surface area contributed by atoms with E-state index in [-0.39, 0.29) is 12.8 Å². The summed E-state index contributed by atoms with van der Waals surface area (Å²) in [6.07, 6.45) is 0.689. The summed E-state index contributed by atoms with van der Waals surface area (Å²) in [6.45, 7) is 3.40. The number of rotatable bonds is 14. The highest BCUT2D eigenvalue weighted by molar-refractivity contribution is 5.86. The minimum atomic E-state index is -1.42. The average Bonchev–Trinajstić information content (AvgIpc) is 2.67. The number of carboxylic acids is 3. The van der Waals surface area contributed by atoms with Crippen LogP contribution in [0.2, 0.25) is 0 Å². The normalized spacial score (nSPS) is 12.6. The summed E-state index contributed by atoms with van der Waals surface area (Å²) in [5, 5.41) is 34.5. The molecule has 30 heavy (non-hydrogen) atoms. The van der Waals surface area contributed by atoms with Gasteiger partial charge in [0.15, 0.2) is 0 Å². The van der Waals surface area contributed by atoms with Crippen molar-refractivity contribution in [3.05, 3.63) is 35.4 Å². The number of benzene rings is 1. The largest absolute Gasteiger partial charge is 0.481 e. The van der Waals surface area contributed by atoms with Crippen LogP contribution in [0.4, 0.5) is 4.79 Å². The molecule has 0 fully saturated rings. The second kappa shape index (κ2) is 13.2. The van der Waals surface area contributed by atoms with Gasteiger partial charge in [-0.05, 0) is 44.7 Å². The second-order valence-corrected chi connectivity index (χ2v) is 6.99. The quantitative estimate of drug-likeness (QED) is 0.244. The van der Waals surface area contributed by atoms with Gasteiger partial charge < -0.3 is 31.3 Å². The van der Waals surface area contributed by atoms with Crippen LogP contribution in [-0.4, -0.2) is 57.9 Å². The van der Waals surface area contributed by atoms with Crippen LogP contribution < -0.4 is 16.0 Å². The zero-order chi connectivity index (χ0) is 22.5. The first kappa shape index (κ1) is 24.9. The molecule has 0 heterocycles. The van der Waals surface area contributed by atoms with Gasteiger partial charge in [0.1, 0.15) is 12.1 Å². The summed E-state index contributed by atoms with van der Waals surface area (Å²) in [6, 6.07) is 4.58. The van der Waals surface area contributed by atoms with E-state index in [2.05, 4.69) is 16.0 Å². The first-order chi connectivity index (χ1) is 14.2. The predicted octanol–water partition coefficient (Wildman–Crippen LogP) is 1.33.